The molecule has 0 saturated carbocycles. The second-order valence-electron chi connectivity index (χ2n) is 7.13. The Labute approximate surface area is 169 Å². The fourth-order valence-electron chi connectivity index (χ4n) is 2.95. The molecule has 0 bridgehead atoms. The first-order chi connectivity index (χ1) is 13.8. The summed E-state index contributed by atoms with van der Waals surface area (Å²) in [5, 5.41) is 2.76. The van der Waals surface area contributed by atoms with Gasteiger partial charge in [-0.1, -0.05) is 39.3 Å². The normalized spacial score (nSPS) is 10.8. The van der Waals surface area contributed by atoms with Crippen LogP contribution in [-0.4, -0.2) is 29.2 Å². The molecule has 1 aromatic heterocycles. The van der Waals surface area contributed by atoms with Crippen molar-refractivity contribution in [3.63, 3.8) is 0 Å². The topological polar surface area (TPSA) is 122 Å². The zero-order valence-corrected chi connectivity index (χ0v) is 17.3. The number of H-pyrrole nitrogens is 1. The molecule has 4 N–H and O–H groups in total. The maximum Gasteiger partial charge on any atom is 0.330 e. The van der Waals surface area contributed by atoms with Gasteiger partial charge in [-0.05, 0) is 24.5 Å². The van der Waals surface area contributed by atoms with Gasteiger partial charge in [-0.2, -0.15) is 0 Å². The number of urea groups is 1. The lowest BCUT2D eigenvalue weighted by atomic mass is 10.2. The maximum absolute atomic E-state index is 13.1. The Kier molecular flexibility index (Phi) is 7.46. The summed E-state index contributed by atoms with van der Waals surface area (Å²) in [6.45, 7) is 6.41. The number of nitrogens with zero attached hydrogens (tertiary/aromatic N) is 2. The van der Waals surface area contributed by atoms with Crippen LogP contribution < -0.4 is 31.9 Å². The molecular weight excluding hydrogens is 374 g/mol. The van der Waals surface area contributed by atoms with Crippen molar-refractivity contribution in [3.8, 4) is 5.75 Å². The number of unbranched alkanes of at least 4 members (excludes halogenated alkanes) is 1. The lowest BCUT2D eigenvalue weighted by Crippen LogP contribution is -2.44. The molecule has 2 amide bonds. The number of hydrogen-bond donors (Lipinski definition) is 3. The van der Waals surface area contributed by atoms with E-state index in [1.807, 2.05) is 20.8 Å². The fraction of sp³-hybridized carbons (Fsp3) is 0.450. The summed E-state index contributed by atoms with van der Waals surface area (Å²) in [4.78, 5) is 41.4. The minimum Gasteiger partial charge on any atom is -0.495 e. The van der Waals surface area contributed by atoms with E-state index in [9.17, 15) is 14.4 Å². The van der Waals surface area contributed by atoms with E-state index in [2.05, 4.69) is 10.3 Å². The molecular formula is C20H29N5O4. The minimum absolute atomic E-state index is 0.0250. The Hall–Kier alpha value is -3.23. The van der Waals surface area contributed by atoms with Gasteiger partial charge in [-0.15, -0.1) is 0 Å². The Morgan fingerprint density at radius 3 is 2.62 bits per heavy atom. The summed E-state index contributed by atoms with van der Waals surface area (Å²) in [5.74, 6) is 0.511. The Balaban J connectivity index is 2.51. The third kappa shape index (κ3) is 5.18. The Bertz CT molecular complexity index is 964. The highest BCUT2D eigenvalue weighted by molar-refractivity contribution is 6.03. The van der Waals surface area contributed by atoms with Crippen LogP contribution in [0.5, 0.6) is 5.75 Å². The number of methoxy groups -OCH3 is 1. The number of para-hydroxylation sites is 2. The van der Waals surface area contributed by atoms with Crippen molar-refractivity contribution >= 4 is 23.2 Å². The molecule has 0 saturated heterocycles. The standard InChI is InChI=1S/C20H29N5O4/c1-5-6-11-24-17(21)16(18(26)23-20(24)28)25(12-13(2)3)19(27)22-14-9-7-8-10-15(14)29-4/h7-10,13H,5-6,11-12,21H2,1-4H3,(H,22,27)(H,23,26,28). The molecule has 0 aliphatic rings. The quantitative estimate of drug-likeness (QED) is 0.625. The van der Waals surface area contributed by atoms with E-state index < -0.39 is 17.3 Å². The van der Waals surface area contributed by atoms with Crippen molar-refractivity contribution in [1.29, 1.82) is 0 Å². The fourth-order valence-corrected chi connectivity index (χ4v) is 2.95. The Morgan fingerprint density at radius 1 is 1.31 bits per heavy atom. The van der Waals surface area contributed by atoms with E-state index in [0.29, 0.717) is 24.4 Å². The van der Waals surface area contributed by atoms with E-state index in [0.717, 1.165) is 6.42 Å². The average molecular weight is 403 g/mol. The third-order valence-corrected chi connectivity index (χ3v) is 4.36. The smallest absolute Gasteiger partial charge is 0.330 e. The van der Waals surface area contributed by atoms with Crippen LogP contribution in [0.25, 0.3) is 0 Å². The van der Waals surface area contributed by atoms with Gasteiger partial charge in [0, 0.05) is 13.1 Å². The van der Waals surface area contributed by atoms with Gasteiger partial charge in [0.1, 0.15) is 11.6 Å². The van der Waals surface area contributed by atoms with E-state index >= 15 is 0 Å². The molecule has 0 atom stereocenters. The molecule has 9 heteroatoms. The molecule has 0 unspecified atom stereocenters. The molecule has 0 aliphatic heterocycles. The number of aromatic nitrogens is 2. The predicted octanol–water partition coefficient (Wildman–Crippen LogP) is 2.62. The highest BCUT2D eigenvalue weighted by Crippen LogP contribution is 2.25. The van der Waals surface area contributed by atoms with Crippen LogP contribution >= 0.6 is 0 Å². The number of hydrogen-bond acceptors (Lipinski definition) is 5. The second-order valence-corrected chi connectivity index (χ2v) is 7.13. The summed E-state index contributed by atoms with van der Waals surface area (Å²) < 4.78 is 6.56. The lowest BCUT2D eigenvalue weighted by Gasteiger charge is -2.26. The van der Waals surface area contributed by atoms with Crippen LogP contribution in [0.2, 0.25) is 0 Å². The maximum atomic E-state index is 13.1. The molecule has 0 fully saturated rings. The first kappa shape index (κ1) is 22.1. The van der Waals surface area contributed by atoms with Crippen molar-refractivity contribution in [2.45, 2.75) is 40.2 Å². The highest BCUT2D eigenvalue weighted by Gasteiger charge is 2.25. The monoisotopic (exact) mass is 403 g/mol. The number of nitrogen functional groups attached to an aromatic ring is 1. The van der Waals surface area contributed by atoms with Gasteiger partial charge in [-0.3, -0.25) is 19.2 Å². The average Bonchev–Trinajstić information content (AvgIpc) is 2.67. The number of rotatable bonds is 8. The molecule has 9 nitrogen and oxygen atoms in total. The zero-order chi connectivity index (χ0) is 21.6. The summed E-state index contributed by atoms with van der Waals surface area (Å²) in [5.41, 5.74) is 5.33. The van der Waals surface area contributed by atoms with Gasteiger partial charge in [-0.25, -0.2) is 9.59 Å². The van der Waals surface area contributed by atoms with Crippen molar-refractivity contribution in [2.75, 3.05) is 29.6 Å². The lowest BCUT2D eigenvalue weighted by molar-refractivity contribution is 0.256. The number of ether oxygens (including phenoxy) is 1. The number of amides is 2. The van der Waals surface area contributed by atoms with E-state index in [-0.39, 0.29) is 24.0 Å². The SMILES string of the molecule is CCCCn1c(N)c(N(CC(C)C)C(=O)Nc2ccccc2OC)c(=O)[nH]c1=O. The molecule has 1 aromatic carbocycles. The zero-order valence-electron chi connectivity index (χ0n) is 17.3. The first-order valence-electron chi connectivity index (χ1n) is 9.64. The van der Waals surface area contributed by atoms with Gasteiger partial charge < -0.3 is 15.8 Å². The van der Waals surface area contributed by atoms with Crippen molar-refractivity contribution in [1.82, 2.24) is 9.55 Å². The molecule has 1 heterocycles. The largest absolute Gasteiger partial charge is 0.495 e. The molecule has 0 spiro atoms. The van der Waals surface area contributed by atoms with Gasteiger partial charge >= 0.3 is 11.7 Å². The number of carbonyl (C=O) groups is 1. The van der Waals surface area contributed by atoms with E-state index in [1.165, 1.54) is 16.6 Å². The van der Waals surface area contributed by atoms with Crippen LogP contribution in [-0.2, 0) is 6.54 Å². The number of carbonyl (C=O) groups excluding carboxylic acids is 1. The second kappa shape index (κ2) is 9.81. The van der Waals surface area contributed by atoms with Gasteiger partial charge in [0.2, 0.25) is 0 Å². The van der Waals surface area contributed by atoms with Crippen molar-refractivity contribution in [3.05, 3.63) is 45.1 Å². The molecule has 29 heavy (non-hydrogen) atoms. The number of nitrogens with two attached hydrogens (primary N) is 1. The third-order valence-electron chi connectivity index (χ3n) is 4.36. The van der Waals surface area contributed by atoms with Crippen LogP contribution in [0.3, 0.4) is 0 Å². The number of anilines is 3. The Morgan fingerprint density at radius 2 is 2.00 bits per heavy atom. The molecule has 2 rings (SSSR count). The minimum atomic E-state index is -0.698. The molecule has 0 radical (unpaired) electrons. The summed E-state index contributed by atoms with van der Waals surface area (Å²) in [6, 6.07) is 6.42. The van der Waals surface area contributed by atoms with Gasteiger partial charge in [0.15, 0.2) is 5.69 Å². The summed E-state index contributed by atoms with van der Waals surface area (Å²) in [6.07, 6.45) is 1.57. The molecule has 158 valence electrons. The highest BCUT2D eigenvalue weighted by atomic mass is 16.5. The summed E-state index contributed by atoms with van der Waals surface area (Å²) >= 11 is 0. The predicted molar refractivity (Wildman–Crippen MR) is 115 cm³/mol. The van der Waals surface area contributed by atoms with Gasteiger partial charge in [0.05, 0.1) is 12.8 Å². The summed E-state index contributed by atoms with van der Waals surface area (Å²) in [7, 11) is 1.50. The van der Waals surface area contributed by atoms with Crippen LogP contribution in [0.15, 0.2) is 33.9 Å². The number of aromatic amines is 1. The van der Waals surface area contributed by atoms with E-state index in [1.54, 1.807) is 24.3 Å². The molecule has 0 aliphatic carbocycles. The van der Waals surface area contributed by atoms with E-state index in [4.69, 9.17) is 10.5 Å². The van der Waals surface area contributed by atoms with Crippen molar-refractivity contribution < 1.29 is 9.53 Å². The van der Waals surface area contributed by atoms with Crippen LogP contribution in [0.1, 0.15) is 33.6 Å². The van der Waals surface area contributed by atoms with Gasteiger partial charge in [0.25, 0.3) is 5.56 Å². The number of nitrogens with one attached hydrogen (secondary N) is 2. The first-order valence-corrected chi connectivity index (χ1v) is 9.64. The van der Waals surface area contributed by atoms with Crippen LogP contribution in [0, 0.1) is 5.92 Å². The van der Waals surface area contributed by atoms with Crippen LogP contribution in [0.4, 0.5) is 22.0 Å². The van der Waals surface area contributed by atoms with Crippen molar-refractivity contribution in [2.24, 2.45) is 5.92 Å². The number of benzene rings is 1. The molecule has 2 aromatic rings.